The van der Waals surface area contributed by atoms with Crippen molar-refractivity contribution in [1.29, 1.82) is 0 Å². The summed E-state index contributed by atoms with van der Waals surface area (Å²) < 4.78 is 11.2. The van der Waals surface area contributed by atoms with Gasteiger partial charge < -0.3 is 14.8 Å². The largest absolute Gasteiger partial charge is 0.490 e. The number of nitrogens with one attached hydrogen (secondary N) is 2. The highest BCUT2D eigenvalue weighted by atomic mass is 35.5. The molecule has 2 N–H and O–H groups in total. The number of carbonyl (C=O) groups is 1. The third kappa shape index (κ3) is 4.84. The summed E-state index contributed by atoms with van der Waals surface area (Å²) in [5.74, 6) is 1.13. The molecule has 0 atom stereocenters. The van der Waals surface area contributed by atoms with E-state index in [0.29, 0.717) is 47.7 Å². The van der Waals surface area contributed by atoms with Crippen LogP contribution in [0, 0.1) is 0 Å². The van der Waals surface area contributed by atoms with E-state index in [2.05, 4.69) is 15.5 Å². The summed E-state index contributed by atoms with van der Waals surface area (Å²) in [5, 5.41) is 10.5. The molecule has 0 saturated heterocycles. The van der Waals surface area contributed by atoms with Crippen LogP contribution in [0.3, 0.4) is 0 Å². The lowest BCUT2D eigenvalue weighted by molar-refractivity contribution is 0.0946. The van der Waals surface area contributed by atoms with E-state index < -0.39 is 0 Å². The summed E-state index contributed by atoms with van der Waals surface area (Å²) >= 11 is 5.90. The molecule has 146 valence electrons. The zero-order chi connectivity index (χ0) is 19.9. The van der Waals surface area contributed by atoms with E-state index in [9.17, 15) is 4.79 Å². The van der Waals surface area contributed by atoms with Crippen molar-refractivity contribution in [2.45, 2.75) is 20.4 Å². The van der Waals surface area contributed by atoms with Crippen LogP contribution in [0.15, 0.2) is 48.5 Å². The topological polar surface area (TPSA) is 76.2 Å². The van der Waals surface area contributed by atoms with Gasteiger partial charge in [-0.15, -0.1) is 0 Å². The predicted molar refractivity (Wildman–Crippen MR) is 109 cm³/mol. The quantitative estimate of drug-likeness (QED) is 0.586. The minimum Gasteiger partial charge on any atom is -0.490 e. The molecule has 0 fully saturated rings. The van der Waals surface area contributed by atoms with Crippen molar-refractivity contribution < 1.29 is 14.3 Å². The number of aromatic amines is 1. The van der Waals surface area contributed by atoms with Gasteiger partial charge in [0.25, 0.3) is 5.91 Å². The van der Waals surface area contributed by atoms with Gasteiger partial charge in [0.1, 0.15) is 5.69 Å². The number of halogens is 1. The van der Waals surface area contributed by atoms with Gasteiger partial charge in [0, 0.05) is 17.1 Å². The van der Waals surface area contributed by atoms with Crippen molar-refractivity contribution in [3.05, 3.63) is 64.8 Å². The van der Waals surface area contributed by atoms with E-state index in [-0.39, 0.29) is 5.91 Å². The SMILES string of the molecule is CCOc1ccc(CNC(=O)c2cc(-c3ccc(Cl)cc3)n[nH]2)cc1OCC. The second kappa shape index (κ2) is 9.28. The molecule has 3 rings (SSSR count). The van der Waals surface area contributed by atoms with Crippen LogP contribution in [0.25, 0.3) is 11.3 Å². The second-order valence-corrected chi connectivity index (χ2v) is 6.44. The van der Waals surface area contributed by atoms with Crippen LogP contribution in [-0.4, -0.2) is 29.3 Å². The third-order valence-corrected chi connectivity index (χ3v) is 4.28. The number of hydrogen-bond donors (Lipinski definition) is 2. The first-order valence-electron chi connectivity index (χ1n) is 9.08. The number of aromatic nitrogens is 2. The summed E-state index contributed by atoms with van der Waals surface area (Å²) in [6.07, 6.45) is 0. The summed E-state index contributed by atoms with van der Waals surface area (Å²) in [4.78, 5) is 12.4. The van der Waals surface area contributed by atoms with E-state index in [0.717, 1.165) is 11.1 Å². The number of ether oxygens (including phenoxy) is 2. The highest BCUT2D eigenvalue weighted by molar-refractivity contribution is 6.30. The van der Waals surface area contributed by atoms with Crippen molar-refractivity contribution >= 4 is 17.5 Å². The first-order valence-corrected chi connectivity index (χ1v) is 9.46. The van der Waals surface area contributed by atoms with Crippen molar-refractivity contribution in [3.8, 4) is 22.8 Å². The van der Waals surface area contributed by atoms with E-state index >= 15 is 0 Å². The molecule has 1 amide bonds. The number of rotatable bonds is 8. The number of amides is 1. The highest BCUT2D eigenvalue weighted by Gasteiger charge is 2.12. The van der Waals surface area contributed by atoms with Crippen LogP contribution < -0.4 is 14.8 Å². The Balaban J connectivity index is 1.65. The third-order valence-electron chi connectivity index (χ3n) is 4.02. The Labute approximate surface area is 168 Å². The Morgan fingerprint density at radius 2 is 1.75 bits per heavy atom. The van der Waals surface area contributed by atoms with Gasteiger partial charge in [-0.3, -0.25) is 9.89 Å². The Kier molecular flexibility index (Phi) is 6.55. The maximum Gasteiger partial charge on any atom is 0.269 e. The number of nitrogens with zero attached hydrogens (tertiary/aromatic N) is 1. The smallest absolute Gasteiger partial charge is 0.269 e. The molecule has 1 aromatic heterocycles. The first-order chi connectivity index (χ1) is 13.6. The summed E-state index contributed by atoms with van der Waals surface area (Å²) in [6.45, 7) is 5.30. The molecule has 1 heterocycles. The van der Waals surface area contributed by atoms with Crippen LogP contribution >= 0.6 is 11.6 Å². The molecule has 28 heavy (non-hydrogen) atoms. The zero-order valence-electron chi connectivity index (χ0n) is 15.8. The molecule has 0 aliphatic heterocycles. The van der Waals surface area contributed by atoms with Crippen molar-refractivity contribution in [1.82, 2.24) is 15.5 Å². The van der Waals surface area contributed by atoms with Crippen LogP contribution in [0.1, 0.15) is 29.9 Å². The van der Waals surface area contributed by atoms with Crippen LogP contribution in [-0.2, 0) is 6.54 Å². The van der Waals surface area contributed by atoms with Gasteiger partial charge in [0.05, 0.1) is 18.9 Å². The molecule has 3 aromatic rings. The van der Waals surface area contributed by atoms with Crippen molar-refractivity contribution in [2.24, 2.45) is 0 Å². The van der Waals surface area contributed by atoms with E-state index in [1.54, 1.807) is 18.2 Å². The molecule has 0 unspecified atom stereocenters. The average molecular weight is 400 g/mol. The Bertz CT molecular complexity index is 938. The van der Waals surface area contributed by atoms with Gasteiger partial charge in [-0.25, -0.2) is 0 Å². The Morgan fingerprint density at radius 3 is 2.46 bits per heavy atom. The van der Waals surface area contributed by atoms with Gasteiger partial charge in [0.15, 0.2) is 11.5 Å². The fourth-order valence-electron chi connectivity index (χ4n) is 2.69. The summed E-state index contributed by atoms with van der Waals surface area (Å²) in [7, 11) is 0. The van der Waals surface area contributed by atoms with E-state index in [4.69, 9.17) is 21.1 Å². The summed E-state index contributed by atoms with van der Waals surface area (Å²) in [6, 6.07) is 14.6. The lowest BCUT2D eigenvalue weighted by atomic mass is 10.1. The molecular formula is C21H22ClN3O3. The van der Waals surface area contributed by atoms with Crippen molar-refractivity contribution in [2.75, 3.05) is 13.2 Å². The molecule has 2 aromatic carbocycles. The standard InChI is InChI=1S/C21H22ClN3O3/c1-3-27-19-10-5-14(11-20(19)28-4-2)13-23-21(26)18-12-17(24-25-18)15-6-8-16(22)9-7-15/h5-12H,3-4,13H2,1-2H3,(H,23,26)(H,24,25). The molecule has 7 heteroatoms. The van der Waals surface area contributed by atoms with Gasteiger partial charge in [-0.05, 0) is 49.7 Å². The second-order valence-electron chi connectivity index (χ2n) is 6.00. The molecule has 6 nitrogen and oxygen atoms in total. The van der Waals surface area contributed by atoms with Gasteiger partial charge in [-0.2, -0.15) is 5.10 Å². The van der Waals surface area contributed by atoms with Gasteiger partial charge >= 0.3 is 0 Å². The minimum atomic E-state index is -0.237. The minimum absolute atomic E-state index is 0.237. The van der Waals surface area contributed by atoms with Gasteiger partial charge in [-0.1, -0.05) is 29.8 Å². The zero-order valence-corrected chi connectivity index (χ0v) is 16.5. The van der Waals surface area contributed by atoms with Crippen LogP contribution in [0.4, 0.5) is 0 Å². The number of carbonyl (C=O) groups excluding carboxylic acids is 1. The monoisotopic (exact) mass is 399 g/mol. The van der Waals surface area contributed by atoms with Crippen LogP contribution in [0.5, 0.6) is 11.5 Å². The molecule has 0 saturated carbocycles. The molecule has 0 radical (unpaired) electrons. The Hall–Kier alpha value is -2.99. The lowest BCUT2D eigenvalue weighted by Gasteiger charge is -2.12. The molecular weight excluding hydrogens is 378 g/mol. The first kappa shape index (κ1) is 19.8. The van der Waals surface area contributed by atoms with Gasteiger partial charge in [0.2, 0.25) is 0 Å². The fourth-order valence-corrected chi connectivity index (χ4v) is 2.82. The molecule has 0 aliphatic rings. The maximum absolute atomic E-state index is 12.4. The molecule has 0 aliphatic carbocycles. The lowest BCUT2D eigenvalue weighted by Crippen LogP contribution is -2.23. The predicted octanol–water partition coefficient (Wildman–Crippen LogP) is 4.46. The molecule has 0 spiro atoms. The number of benzene rings is 2. The number of hydrogen-bond acceptors (Lipinski definition) is 4. The fraction of sp³-hybridized carbons (Fsp3) is 0.238. The van der Waals surface area contributed by atoms with Crippen LogP contribution in [0.2, 0.25) is 5.02 Å². The summed E-state index contributed by atoms with van der Waals surface area (Å²) in [5.41, 5.74) is 2.87. The van der Waals surface area contributed by atoms with Crippen molar-refractivity contribution in [3.63, 3.8) is 0 Å². The highest BCUT2D eigenvalue weighted by Crippen LogP contribution is 2.28. The molecule has 0 bridgehead atoms. The van der Waals surface area contributed by atoms with E-state index in [1.165, 1.54) is 0 Å². The average Bonchev–Trinajstić information content (AvgIpc) is 3.19. The normalized spacial score (nSPS) is 10.5. The van der Waals surface area contributed by atoms with E-state index in [1.807, 2.05) is 44.2 Å². The maximum atomic E-state index is 12.4. The number of H-pyrrole nitrogens is 1. The Morgan fingerprint density at radius 1 is 1.04 bits per heavy atom.